The minimum absolute atomic E-state index is 0.135. The van der Waals surface area contributed by atoms with E-state index in [-0.39, 0.29) is 5.91 Å². The molecule has 2 saturated carbocycles. The summed E-state index contributed by atoms with van der Waals surface area (Å²) in [6, 6.07) is 15.2. The van der Waals surface area contributed by atoms with E-state index in [1.165, 1.54) is 44.1 Å². The van der Waals surface area contributed by atoms with Crippen molar-refractivity contribution in [3.8, 4) is 5.75 Å². The molecule has 190 valence electrons. The number of ether oxygens (including phenoxy) is 1. The van der Waals surface area contributed by atoms with Gasteiger partial charge in [-0.25, -0.2) is 0 Å². The molecule has 0 bridgehead atoms. The number of nitrogens with zero attached hydrogens (tertiary/aromatic N) is 2. The van der Waals surface area contributed by atoms with E-state index in [4.69, 9.17) is 9.73 Å². The Morgan fingerprint density at radius 2 is 1.78 bits per heavy atom. The Morgan fingerprint density at radius 3 is 2.50 bits per heavy atom. The topological polar surface area (TPSA) is 41.9 Å². The second kappa shape index (κ2) is 12.2. The maximum Gasteiger partial charge on any atom is 0.266 e. The van der Waals surface area contributed by atoms with E-state index in [2.05, 4.69) is 70.8 Å². The lowest BCUT2D eigenvalue weighted by Gasteiger charge is -2.31. The number of amidine groups is 1. The SMILES string of the molecule is Cc1cccc(COc2ccc(C=C3SC(=NC4CCCCC4)N(C4CCCCC4)C3=O)cc2I)c1. The molecule has 2 aliphatic carbocycles. The summed E-state index contributed by atoms with van der Waals surface area (Å²) < 4.78 is 7.14. The standard InChI is InChI=1S/C30H35IN2O2S/c1-21-9-8-10-23(17-21)20-35-27-16-15-22(18-26(27)31)19-28-29(34)33(25-13-6-3-7-14-25)30(36-28)32-24-11-4-2-5-12-24/h8-10,15-19,24-25H,2-7,11-14,20H2,1H3. The molecule has 4 nitrogen and oxygen atoms in total. The van der Waals surface area contributed by atoms with Crippen LogP contribution in [0.4, 0.5) is 0 Å². The zero-order valence-electron chi connectivity index (χ0n) is 21.0. The van der Waals surface area contributed by atoms with Crippen LogP contribution in [-0.4, -0.2) is 28.1 Å². The Labute approximate surface area is 233 Å². The third kappa shape index (κ3) is 6.36. The normalized spacial score (nSPS) is 22.1. The van der Waals surface area contributed by atoms with Gasteiger partial charge in [-0.05, 0) is 96.3 Å². The molecule has 0 spiro atoms. The van der Waals surface area contributed by atoms with E-state index in [1.807, 2.05) is 12.1 Å². The monoisotopic (exact) mass is 614 g/mol. The van der Waals surface area contributed by atoms with Gasteiger partial charge in [0, 0.05) is 6.04 Å². The first-order valence-corrected chi connectivity index (χ1v) is 15.2. The summed E-state index contributed by atoms with van der Waals surface area (Å²) in [5, 5.41) is 0.942. The fraction of sp³-hybridized carbons (Fsp3) is 0.467. The van der Waals surface area contributed by atoms with E-state index >= 15 is 0 Å². The van der Waals surface area contributed by atoms with Crippen LogP contribution in [0, 0.1) is 10.5 Å². The van der Waals surface area contributed by atoms with Crippen LogP contribution < -0.4 is 4.74 Å². The average molecular weight is 615 g/mol. The number of aliphatic imine (C=N–C) groups is 1. The molecule has 36 heavy (non-hydrogen) atoms. The fourth-order valence-corrected chi connectivity index (χ4v) is 7.25. The fourth-order valence-electron chi connectivity index (χ4n) is 5.44. The average Bonchev–Trinajstić information content (AvgIpc) is 3.18. The Kier molecular flexibility index (Phi) is 8.73. The van der Waals surface area contributed by atoms with Crippen LogP contribution in [0.3, 0.4) is 0 Å². The van der Waals surface area contributed by atoms with Crippen molar-refractivity contribution in [1.82, 2.24) is 4.90 Å². The Bertz CT molecular complexity index is 1150. The highest BCUT2D eigenvalue weighted by molar-refractivity contribution is 14.1. The Morgan fingerprint density at radius 1 is 1.03 bits per heavy atom. The predicted molar refractivity (Wildman–Crippen MR) is 158 cm³/mol. The molecule has 3 aliphatic rings. The van der Waals surface area contributed by atoms with Crippen molar-refractivity contribution < 1.29 is 9.53 Å². The molecule has 1 heterocycles. The molecular weight excluding hydrogens is 579 g/mol. The number of benzene rings is 2. The number of aryl methyl sites for hydroxylation is 1. The van der Waals surface area contributed by atoms with Gasteiger partial charge in [-0.3, -0.25) is 14.7 Å². The van der Waals surface area contributed by atoms with Gasteiger partial charge in [0.1, 0.15) is 12.4 Å². The smallest absolute Gasteiger partial charge is 0.266 e. The van der Waals surface area contributed by atoms with Gasteiger partial charge in [0.2, 0.25) is 0 Å². The second-order valence-corrected chi connectivity index (χ2v) is 12.4. The number of hydrogen-bond donors (Lipinski definition) is 0. The lowest BCUT2D eigenvalue weighted by Crippen LogP contribution is -2.41. The molecule has 2 aromatic carbocycles. The summed E-state index contributed by atoms with van der Waals surface area (Å²) in [5.41, 5.74) is 3.43. The van der Waals surface area contributed by atoms with Gasteiger partial charge in [0.25, 0.3) is 5.91 Å². The third-order valence-electron chi connectivity index (χ3n) is 7.37. The molecule has 0 N–H and O–H groups in total. The number of carbonyl (C=O) groups is 1. The summed E-state index contributed by atoms with van der Waals surface area (Å²) in [6.07, 6.45) is 14.0. The lowest BCUT2D eigenvalue weighted by atomic mass is 9.94. The molecule has 5 rings (SSSR count). The van der Waals surface area contributed by atoms with Crippen molar-refractivity contribution in [3.63, 3.8) is 0 Å². The van der Waals surface area contributed by atoms with Crippen molar-refractivity contribution >= 4 is 51.5 Å². The van der Waals surface area contributed by atoms with E-state index < -0.39 is 0 Å². The van der Waals surface area contributed by atoms with Gasteiger partial charge >= 0.3 is 0 Å². The summed E-state index contributed by atoms with van der Waals surface area (Å²) in [4.78, 5) is 21.6. The van der Waals surface area contributed by atoms with Gasteiger partial charge in [-0.15, -0.1) is 0 Å². The van der Waals surface area contributed by atoms with Crippen LogP contribution in [0.25, 0.3) is 6.08 Å². The summed E-state index contributed by atoms with van der Waals surface area (Å²) in [6.45, 7) is 2.64. The van der Waals surface area contributed by atoms with E-state index in [0.717, 1.165) is 56.2 Å². The molecule has 1 saturated heterocycles. The zero-order valence-corrected chi connectivity index (χ0v) is 24.0. The van der Waals surface area contributed by atoms with Gasteiger partial charge in [-0.1, -0.05) is 74.4 Å². The predicted octanol–water partition coefficient (Wildman–Crippen LogP) is 8.12. The molecule has 2 aromatic rings. The number of carbonyl (C=O) groups excluding carboxylic acids is 1. The van der Waals surface area contributed by atoms with Crippen LogP contribution >= 0.6 is 34.4 Å². The maximum absolute atomic E-state index is 13.6. The Hall–Kier alpha value is -1.80. The molecule has 3 fully saturated rings. The molecule has 0 radical (unpaired) electrons. The molecule has 0 unspecified atom stereocenters. The van der Waals surface area contributed by atoms with Gasteiger partial charge in [-0.2, -0.15) is 0 Å². The summed E-state index contributed by atoms with van der Waals surface area (Å²) in [7, 11) is 0. The van der Waals surface area contributed by atoms with E-state index in [0.29, 0.717) is 18.7 Å². The highest BCUT2D eigenvalue weighted by Crippen LogP contribution is 2.39. The first kappa shape index (κ1) is 25.8. The largest absolute Gasteiger partial charge is 0.488 e. The van der Waals surface area contributed by atoms with Crippen LogP contribution in [-0.2, 0) is 11.4 Å². The van der Waals surface area contributed by atoms with Crippen LogP contribution in [0.1, 0.15) is 80.9 Å². The van der Waals surface area contributed by atoms with Crippen LogP contribution in [0.2, 0.25) is 0 Å². The molecule has 0 aromatic heterocycles. The van der Waals surface area contributed by atoms with Gasteiger partial charge < -0.3 is 4.74 Å². The van der Waals surface area contributed by atoms with Crippen molar-refractivity contribution in [2.45, 2.75) is 89.8 Å². The van der Waals surface area contributed by atoms with Crippen LogP contribution in [0.5, 0.6) is 5.75 Å². The highest BCUT2D eigenvalue weighted by atomic mass is 127. The number of thioether (sulfide) groups is 1. The third-order valence-corrected chi connectivity index (χ3v) is 9.22. The number of amides is 1. The molecular formula is C30H35IN2O2S. The van der Waals surface area contributed by atoms with Crippen molar-refractivity contribution in [1.29, 1.82) is 0 Å². The first-order valence-electron chi connectivity index (χ1n) is 13.4. The minimum Gasteiger partial charge on any atom is -0.488 e. The van der Waals surface area contributed by atoms with Gasteiger partial charge in [0.15, 0.2) is 5.17 Å². The summed E-state index contributed by atoms with van der Waals surface area (Å²) in [5.74, 6) is 1.00. The number of rotatable bonds is 6. The van der Waals surface area contributed by atoms with Crippen molar-refractivity contribution in [2.24, 2.45) is 4.99 Å². The summed E-state index contributed by atoms with van der Waals surface area (Å²) >= 11 is 3.91. The maximum atomic E-state index is 13.6. The second-order valence-electron chi connectivity index (χ2n) is 10.2. The molecule has 6 heteroatoms. The van der Waals surface area contributed by atoms with E-state index in [9.17, 15) is 4.79 Å². The lowest BCUT2D eigenvalue weighted by molar-refractivity contribution is -0.124. The number of halogens is 1. The quantitative estimate of drug-likeness (QED) is 0.244. The van der Waals surface area contributed by atoms with Crippen LogP contribution in [0.15, 0.2) is 52.4 Å². The molecule has 1 aliphatic heterocycles. The van der Waals surface area contributed by atoms with Crippen molar-refractivity contribution in [2.75, 3.05) is 0 Å². The zero-order chi connectivity index (χ0) is 24.9. The number of hydrogen-bond acceptors (Lipinski definition) is 4. The highest BCUT2D eigenvalue weighted by Gasteiger charge is 2.39. The minimum atomic E-state index is 0.135. The van der Waals surface area contributed by atoms with Gasteiger partial charge in [0.05, 0.1) is 14.5 Å². The molecule has 1 amide bonds. The molecule has 0 atom stereocenters. The van der Waals surface area contributed by atoms with Crippen molar-refractivity contribution in [3.05, 3.63) is 67.6 Å². The van der Waals surface area contributed by atoms with E-state index in [1.54, 1.807) is 11.8 Å². The first-order chi connectivity index (χ1) is 17.6. The Balaban J connectivity index is 1.34.